The minimum atomic E-state index is -1.09. The lowest BCUT2D eigenvalue weighted by Gasteiger charge is -2.29. The van der Waals surface area contributed by atoms with Crippen LogP contribution in [0.25, 0.3) is 0 Å². The number of carboxylic acid groups (broad SMARTS) is 1. The number of benzene rings is 1. The Labute approximate surface area is 130 Å². The Hall–Kier alpha value is -2.08. The van der Waals surface area contributed by atoms with Crippen LogP contribution < -0.4 is 10.1 Å². The van der Waals surface area contributed by atoms with E-state index in [1.54, 1.807) is 12.1 Å². The normalized spacial score (nSPS) is 16.3. The number of rotatable bonds is 5. The molecule has 1 saturated heterocycles. The molecule has 0 atom stereocenters. The quantitative estimate of drug-likeness (QED) is 0.870. The fourth-order valence-electron chi connectivity index (χ4n) is 2.64. The van der Waals surface area contributed by atoms with E-state index >= 15 is 0 Å². The van der Waals surface area contributed by atoms with E-state index in [9.17, 15) is 9.59 Å². The SMILES string of the molecule is COc1c(NC(=O)CN2CCC(C)CC2)cccc1C(=O)O. The topological polar surface area (TPSA) is 78.9 Å². The Morgan fingerprint density at radius 1 is 1.36 bits per heavy atom. The van der Waals surface area contributed by atoms with Crippen molar-refractivity contribution in [3.63, 3.8) is 0 Å². The maximum absolute atomic E-state index is 12.2. The smallest absolute Gasteiger partial charge is 0.339 e. The maximum atomic E-state index is 12.2. The van der Waals surface area contributed by atoms with E-state index in [0.717, 1.165) is 25.9 Å². The number of hydrogen-bond donors (Lipinski definition) is 2. The van der Waals surface area contributed by atoms with Crippen LogP contribution in [0.2, 0.25) is 0 Å². The van der Waals surface area contributed by atoms with Gasteiger partial charge >= 0.3 is 5.97 Å². The Morgan fingerprint density at radius 3 is 2.64 bits per heavy atom. The van der Waals surface area contributed by atoms with Gasteiger partial charge in [0.2, 0.25) is 5.91 Å². The molecule has 1 fully saturated rings. The van der Waals surface area contributed by atoms with Gasteiger partial charge in [-0.3, -0.25) is 9.69 Å². The van der Waals surface area contributed by atoms with E-state index in [1.807, 2.05) is 0 Å². The highest BCUT2D eigenvalue weighted by atomic mass is 16.5. The fourth-order valence-corrected chi connectivity index (χ4v) is 2.64. The molecule has 120 valence electrons. The molecule has 1 aromatic carbocycles. The molecule has 0 aromatic heterocycles. The molecular formula is C16H22N2O4. The van der Waals surface area contributed by atoms with Crippen molar-refractivity contribution in [3.05, 3.63) is 23.8 Å². The van der Waals surface area contributed by atoms with Crippen molar-refractivity contribution in [2.75, 3.05) is 32.1 Å². The van der Waals surface area contributed by atoms with Gasteiger partial charge < -0.3 is 15.2 Å². The molecule has 1 aromatic rings. The van der Waals surface area contributed by atoms with Crippen molar-refractivity contribution in [1.29, 1.82) is 0 Å². The van der Waals surface area contributed by atoms with E-state index < -0.39 is 5.97 Å². The third-order valence-corrected chi connectivity index (χ3v) is 3.97. The summed E-state index contributed by atoms with van der Waals surface area (Å²) in [4.78, 5) is 25.4. The Morgan fingerprint density at radius 2 is 2.05 bits per heavy atom. The summed E-state index contributed by atoms with van der Waals surface area (Å²) in [6.07, 6.45) is 2.20. The Kier molecular flexibility index (Phi) is 5.38. The highest BCUT2D eigenvalue weighted by Gasteiger charge is 2.20. The van der Waals surface area contributed by atoms with Gasteiger partial charge in [-0.15, -0.1) is 0 Å². The number of likely N-dealkylation sites (tertiary alicyclic amines) is 1. The second kappa shape index (κ2) is 7.26. The summed E-state index contributed by atoms with van der Waals surface area (Å²) in [5, 5.41) is 11.9. The summed E-state index contributed by atoms with van der Waals surface area (Å²) in [7, 11) is 1.39. The predicted molar refractivity (Wildman–Crippen MR) is 83.4 cm³/mol. The zero-order valence-electron chi connectivity index (χ0n) is 13.0. The number of amides is 1. The molecule has 2 rings (SSSR count). The number of nitrogens with zero attached hydrogens (tertiary/aromatic N) is 1. The standard InChI is InChI=1S/C16H22N2O4/c1-11-6-8-18(9-7-11)10-14(19)17-13-5-3-4-12(16(20)21)15(13)22-2/h3-5,11H,6-10H2,1-2H3,(H,17,19)(H,20,21). The Bertz CT molecular complexity index is 551. The van der Waals surface area contributed by atoms with Crippen LogP contribution in [0.15, 0.2) is 18.2 Å². The van der Waals surface area contributed by atoms with E-state index in [-0.39, 0.29) is 17.2 Å². The van der Waals surface area contributed by atoms with Gasteiger partial charge in [0.25, 0.3) is 0 Å². The summed E-state index contributed by atoms with van der Waals surface area (Å²) < 4.78 is 5.13. The van der Waals surface area contributed by atoms with Gasteiger partial charge in [0.1, 0.15) is 5.56 Å². The number of carbonyl (C=O) groups excluding carboxylic acids is 1. The van der Waals surface area contributed by atoms with Crippen LogP contribution in [0, 0.1) is 5.92 Å². The monoisotopic (exact) mass is 306 g/mol. The molecule has 6 heteroatoms. The summed E-state index contributed by atoms with van der Waals surface area (Å²) in [6, 6.07) is 4.68. The first-order valence-electron chi connectivity index (χ1n) is 7.43. The lowest BCUT2D eigenvalue weighted by Crippen LogP contribution is -2.38. The summed E-state index contributed by atoms with van der Waals surface area (Å²) >= 11 is 0. The second-order valence-electron chi connectivity index (χ2n) is 5.70. The third-order valence-electron chi connectivity index (χ3n) is 3.97. The van der Waals surface area contributed by atoms with Crippen molar-refractivity contribution >= 4 is 17.6 Å². The van der Waals surface area contributed by atoms with Crippen molar-refractivity contribution in [2.45, 2.75) is 19.8 Å². The second-order valence-corrected chi connectivity index (χ2v) is 5.70. The number of piperidine rings is 1. The fraction of sp³-hybridized carbons (Fsp3) is 0.500. The number of carboxylic acids is 1. The predicted octanol–water partition coefficient (Wildman–Crippen LogP) is 2.06. The number of ether oxygens (including phenoxy) is 1. The number of hydrogen-bond acceptors (Lipinski definition) is 4. The van der Waals surface area contributed by atoms with Crippen molar-refractivity contribution in [3.8, 4) is 5.75 Å². The molecule has 0 saturated carbocycles. The van der Waals surface area contributed by atoms with Crippen molar-refractivity contribution < 1.29 is 19.4 Å². The van der Waals surface area contributed by atoms with Gasteiger partial charge in [-0.25, -0.2) is 4.79 Å². The van der Waals surface area contributed by atoms with Gasteiger partial charge in [-0.05, 0) is 44.0 Å². The van der Waals surface area contributed by atoms with Crippen molar-refractivity contribution in [1.82, 2.24) is 4.90 Å². The molecule has 0 bridgehead atoms. The van der Waals surface area contributed by atoms with Gasteiger partial charge in [-0.1, -0.05) is 13.0 Å². The minimum absolute atomic E-state index is 0.0343. The lowest BCUT2D eigenvalue weighted by molar-refractivity contribution is -0.117. The number of methoxy groups -OCH3 is 1. The van der Waals surface area contributed by atoms with Gasteiger partial charge in [-0.2, -0.15) is 0 Å². The van der Waals surface area contributed by atoms with E-state index in [0.29, 0.717) is 18.2 Å². The average molecular weight is 306 g/mol. The molecule has 1 amide bonds. The van der Waals surface area contributed by atoms with E-state index in [4.69, 9.17) is 9.84 Å². The molecule has 0 aliphatic carbocycles. The first kappa shape index (κ1) is 16.3. The van der Waals surface area contributed by atoms with Crippen LogP contribution >= 0.6 is 0 Å². The molecule has 1 aliphatic rings. The first-order chi connectivity index (χ1) is 10.5. The van der Waals surface area contributed by atoms with Crippen LogP contribution in [0.1, 0.15) is 30.1 Å². The minimum Gasteiger partial charge on any atom is -0.494 e. The van der Waals surface area contributed by atoms with Crippen LogP contribution in [0.5, 0.6) is 5.75 Å². The zero-order valence-corrected chi connectivity index (χ0v) is 13.0. The van der Waals surface area contributed by atoms with Crippen LogP contribution in [0.3, 0.4) is 0 Å². The number of anilines is 1. The van der Waals surface area contributed by atoms with Crippen molar-refractivity contribution in [2.24, 2.45) is 5.92 Å². The third kappa shape index (κ3) is 3.98. The molecule has 1 aliphatic heterocycles. The lowest BCUT2D eigenvalue weighted by atomic mass is 9.99. The van der Waals surface area contributed by atoms with Crippen LogP contribution in [-0.2, 0) is 4.79 Å². The molecule has 6 nitrogen and oxygen atoms in total. The molecule has 0 unspecified atom stereocenters. The molecule has 2 N–H and O–H groups in total. The van der Waals surface area contributed by atoms with E-state index in [2.05, 4.69) is 17.1 Å². The number of para-hydroxylation sites is 1. The first-order valence-corrected chi connectivity index (χ1v) is 7.43. The maximum Gasteiger partial charge on any atom is 0.339 e. The molecule has 0 spiro atoms. The van der Waals surface area contributed by atoms with Gasteiger partial charge in [0.05, 0.1) is 19.3 Å². The van der Waals surface area contributed by atoms with Gasteiger partial charge in [0, 0.05) is 0 Å². The summed E-state index contributed by atoms with van der Waals surface area (Å²) in [5.41, 5.74) is 0.421. The number of carbonyl (C=O) groups is 2. The van der Waals surface area contributed by atoms with Crippen LogP contribution in [-0.4, -0.2) is 48.6 Å². The summed E-state index contributed by atoms with van der Waals surface area (Å²) in [6.45, 7) is 4.37. The zero-order chi connectivity index (χ0) is 16.1. The van der Waals surface area contributed by atoms with Gasteiger partial charge in [0.15, 0.2) is 5.75 Å². The Balaban J connectivity index is 2.02. The van der Waals surface area contributed by atoms with E-state index in [1.165, 1.54) is 13.2 Å². The highest BCUT2D eigenvalue weighted by molar-refractivity contribution is 5.98. The average Bonchev–Trinajstić information content (AvgIpc) is 2.49. The number of aromatic carboxylic acids is 1. The molecule has 0 radical (unpaired) electrons. The molecular weight excluding hydrogens is 284 g/mol. The van der Waals surface area contributed by atoms with Crippen LogP contribution in [0.4, 0.5) is 5.69 Å². The number of nitrogens with one attached hydrogen (secondary N) is 1. The summed E-state index contributed by atoms with van der Waals surface area (Å²) in [5.74, 6) is -0.351. The molecule has 1 heterocycles. The largest absolute Gasteiger partial charge is 0.494 e. The highest BCUT2D eigenvalue weighted by Crippen LogP contribution is 2.28. The molecule has 22 heavy (non-hydrogen) atoms.